The molecule has 6 nitrogen and oxygen atoms in total. The number of amides is 1. The van der Waals surface area contributed by atoms with E-state index in [4.69, 9.17) is 9.15 Å². The van der Waals surface area contributed by atoms with Crippen molar-refractivity contribution in [2.45, 2.75) is 52.0 Å². The van der Waals surface area contributed by atoms with Gasteiger partial charge in [-0.3, -0.25) is 9.59 Å². The molecule has 0 fully saturated rings. The van der Waals surface area contributed by atoms with E-state index in [1.54, 1.807) is 23.1 Å². The number of carbonyl (C=O) groups is 1. The second-order valence-electron chi connectivity index (χ2n) is 9.65. The largest absolute Gasteiger partial charge is 0.490 e. The minimum Gasteiger partial charge on any atom is -0.490 e. The number of para-hydroxylation sites is 1. The first-order valence-electron chi connectivity index (χ1n) is 13.5. The summed E-state index contributed by atoms with van der Waals surface area (Å²) in [5.41, 5.74) is 1.54. The highest BCUT2D eigenvalue weighted by Crippen LogP contribution is 2.39. The van der Waals surface area contributed by atoms with Crippen LogP contribution in [0.4, 0.5) is 0 Å². The van der Waals surface area contributed by atoms with Gasteiger partial charge in [-0.05, 0) is 68.7 Å². The molecule has 3 aromatic rings. The van der Waals surface area contributed by atoms with E-state index in [0.717, 1.165) is 44.5 Å². The molecule has 0 spiro atoms. The summed E-state index contributed by atoms with van der Waals surface area (Å²) in [6.07, 6.45) is 7.18. The van der Waals surface area contributed by atoms with Crippen LogP contribution in [0.15, 0.2) is 70.4 Å². The molecule has 1 unspecified atom stereocenters. The normalized spacial score (nSPS) is 14.9. The summed E-state index contributed by atoms with van der Waals surface area (Å²) in [7, 11) is 0. The number of hydrogen-bond donors (Lipinski definition) is 0. The highest BCUT2D eigenvalue weighted by atomic mass is 16.5. The van der Waals surface area contributed by atoms with Crippen molar-refractivity contribution in [1.29, 1.82) is 0 Å². The molecule has 0 radical (unpaired) electrons. The Morgan fingerprint density at radius 3 is 2.46 bits per heavy atom. The van der Waals surface area contributed by atoms with Gasteiger partial charge < -0.3 is 19.0 Å². The molecule has 4 rings (SSSR count). The quantitative estimate of drug-likeness (QED) is 0.246. The van der Waals surface area contributed by atoms with E-state index in [2.05, 4.69) is 25.3 Å². The van der Waals surface area contributed by atoms with Gasteiger partial charge in [0.1, 0.15) is 17.9 Å². The van der Waals surface area contributed by atoms with Crippen LogP contribution < -0.4 is 10.2 Å². The Kier molecular flexibility index (Phi) is 9.18. The summed E-state index contributed by atoms with van der Waals surface area (Å²) in [6.45, 7) is 12.1. The van der Waals surface area contributed by atoms with Crippen molar-refractivity contribution in [3.05, 3.63) is 88.3 Å². The standard InChI is InChI=1S/C31H38N2O4/c1-4-7-17-32(18-8-5-2)19-12-20-33-28(23-13-11-14-24(22-23)36-21-6-3)27-29(34)25-15-9-10-16-26(25)37-30(27)31(33)35/h6,9-11,13-16,22,28H,3-5,7-8,12,17-21H2,1-2H3. The molecule has 37 heavy (non-hydrogen) atoms. The number of carbonyl (C=O) groups excluding carboxylic acids is 1. The Bertz CT molecular complexity index is 1270. The van der Waals surface area contributed by atoms with Gasteiger partial charge in [-0.2, -0.15) is 0 Å². The van der Waals surface area contributed by atoms with Crippen LogP contribution >= 0.6 is 0 Å². The Labute approximate surface area is 219 Å². The van der Waals surface area contributed by atoms with Crippen molar-refractivity contribution in [3.63, 3.8) is 0 Å². The first-order chi connectivity index (χ1) is 18.1. The third-order valence-electron chi connectivity index (χ3n) is 6.94. The third kappa shape index (κ3) is 5.96. The molecule has 2 aromatic carbocycles. The Morgan fingerprint density at radius 2 is 1.73 bits per heavy atom. The van der Waals surface area contributed by atoms with Crippen LogP contribution in [-0.2, 0) is 0 Å². The van der Waals surface area contributed by atoms with Gasteiger partial charge in [0.15, 0.2) is 5.43 Å². The van der Waals surface area contributed by atoms with Gasteiger partial charge in [0, 0.05) is 6.54 Å². The molecule has 0 saturated carbocycles. The molecule has 0 bridgehead atoms. The van der Waals surface area contributed by atoms with Gasteiger partial charge in [-0.25, -0.2) is 0 Å². The summed E-state index contributed by atoms with van der Waals surface area (Å²) < 4.78 is 11.8. The summed E-state index contributed by atoms with van der Waals surface area (Å²) in [4.78, 5) is 31.7. The lowest BCUT2D eigenvalue weighted by atomic mass is 9.98. The molecule has 0 aliphatic carbocycles. The van der Waals surface area contributed by atoms with Crippen LogP contribution in [-0.4, -0.2) is 48.5 Å². The van der Waals surface area contributed by atoms with Crippen LogP contribution in [0.2, 0.25) is 0 Å². The van der Waals surface area contributed by atoms with Crippen molar-refractivity contribution in [2.75, 3.05) is 32.8 Å². The van der Waals surface area contributed by atoms with Crippen molar-refractivity contribution in [1.82, 2.24) is 9.80 Å². The van der Waals surface area contributed by atoms with Crippen molar-refractivity contribution in [2.24, 2.45) is 0 Å². The second kappa shape index (κ2) is 12.7. The van der Waals surface area contributed by atoms with Crippen LogP contribution in [0.25, 0.3) is 11.0 Å². The zero-order valence-corrected chi connectivity index (χ0v) is 22.1. The van der Waals surface area contributed by atoms with Crippen LogP contribution in [0.1, 0.15) is 73.7 Å². The number of fused-ring (bicyclic) bond motifs is 2. The lowest BCUT2D eigenvalue weighted by Gasteiger charge is -2.27. The minimum absolute atomic E-state index is 0.150. The maximum Gasteiger partial charge on any atom is 0.290 e. The third-order valence-corrected chi connectivity index (χ3v) is 6.94. The van der Waals surface area contributed by atoms with Gasteiger partial charge >= 0.3 is 0 Å². The van der Waals surface area contributed by atoms with Gasteiger partial charge in [-0.1, -0.05) is 63.6 Å². The van der Waals surface area contributed by atoms with E-state index < -0.39 is 6.04 Å². The number of hydrogen-bond acceptors (Lipinski definition) is 5. The molecular formula is C31H38N2O4. The zero-order valence-electron chi connectivity index (χ0n) is 22.1. The average molecular weight is 503 g/mol. The Morgan fingerprint density at radius 1 is 1.00 bits per heavy atom. The van der Waals surface area contributed by atoms with E-state index in [1.165, 1.54) is 12.8 Å². The monoisotopic (exact) mass is 502 g/mol. The highest BCUT2D eigenvalue weighted by Gasteiger charge is 2.42. The molecule has 6 heteroatoms. The number of ether oxygens (including phenoxy) is 1. The predicted molar refractivity (Wildman–Crippen MR) is 148 cm³/mol. The number of benzene rings is 2. The maximum atomic E-state index is 13.7. The first-order valence-corrected chi connectivity index (χ1v) is 13.5. The van der Waals surface area contributed by atoms with Crippen molar-refractivity contribution < 1.29 is 13.9 Å². The fraction of sp³-hybridized carbons (Fsp3) is 0.419. The minimum atomic E-state index is -0.518. The topological polar surface area (TPSA) is 63.0 Å². The SMILES string of the molecule is C=CCOc1cccc(C2c3c(oc4ccccc4c3=O)C(=O)N2CCCN(CCCC)CCCC)c1. The molecule has 1 aliphatic rings. The molecule has 0 saturated heterocycles. The van der Waals surface area contributed by atoms with Gasteiger partial charge in [0.2, 0.25) is 5.76 Å². The van der Waals surface area contributed by atoms with Crippen LogP contribution in [0.5, 0.6) is 5.75 Å². The van der Waals surface area contributed by atoms with Crippen LogP contribution in [0.3, 0.4) is 0 Å². The van der Waals surface area contributed by atoms with Crippen molar-refractivity contribution in [3.8, 4) is 5.75 Å². The number of nitrogens with zero attached hydrogens (tertiary/aromatic N) is 2. The average Bonchev–Trinajstić information content (AvgIpc) is 3.20. The number of rotatable bonds is 14. The van der Waals surface area contributed by atoms with E-state index in [1.807, 2.05) is 36.4 Å². The molecule has 0 N–H and O–H groups in total. The second-order valence-corrected chi connectivity index (χ2v) is 9.65. The summed E-state index contributed by atoms with van der Waals surface area (Å²) in [6, 6.07) is 14.2. The lowest BCUT2D eigenvalue weighted by molar-refractivity contribution is 0.0719. The molecule has 1 aliphatic heterocycles. The maximum absolute atomic E-state index is 13.7. The van der Waals surface area contributed by atoms with Gasteiger partial charge in [-0.15, -0.1) is 0 Å². The lowest BCUT2D eigenvalue weighted by Crippen LogP contribution is -2.34. The highest BCUT2D eigenvalue weighted by molar-refractivity contribution is 5.99. The van der Waals surface area contributed by atoms with Crippen molar-refractivity contribution >= 4 is 16.9 Å². The van der Waals surface area contributed by atoms with Gasteiger partial charge in [0.05, 0.1) is 17.0 Å². The van der Waals surface area contributed by atoms with E-state index in [9.17, 15) is 9.59 Å². The first kappa shape index (κ1) is 26.7. The molecule has 1 amide bonds. The fourth-order valence-electron chi connectivity index (χ4n) is 5.04. The fourth-order valence-corrected chi connectivity index (χ4v) is 5.04. The zero-order chi connectivity index (χ0) is 26.2. The predicted octanol–water partition coefficient (Wildman–Crippen LogP) is 6.20. The summed E-state index contributed by atoms with van der Waals surface area (Å²) in [5, 5.41) is 0.491. The molecule has 196 valence electrons. The Balaban J connectivity index is 1.67. The molecular weight excluding hydrogens is 464 g/mol. The molecule has 1 aromatic heterocycles. The summed E-state index contributed by atoms with van der Waals surface area (Å²) >= 11 is 0. The Hall–Kier alpha value is -3.38. The van der Waals surface area contributed by atoms with E-state index in [-0.39, 0.29) is 17.1 Å². The van der Waals surface area contributed by atoms with Gasteiger partial charge in [0.25, 0.3) is 5.91 Å². The smallest absolute Gasteiger partial charge is 0.290 e. The van der Waals surface area contributed by atoms with E-state index >= 15 is 0 Å². The number of unbranched alkanes of at least 4 members (excludes halogenated alkanes) is 2. The van der Waals surface area contributed by atoms with E-state index in [0.29, 0.717) is 35.4 Å². The molecule has 1 atom stereocenters. The van der Waals surface area contributed by atoms with Crippen LogP contribution in [0, 0.1) is 0 Å². The molecule has 2 heterocycles. The summed E-state index contributed by atoms with van der Waals surface area (Å²) in [5.74, 6) is 0.600.